The maximum absolute atomic E-state index is 12.0. The number of aliphatic hydroxyl groups excluding tert-OH is 2. The molecule has 0 bridgehead atoms. The number of hydrogen-bond acceptors (Lipinski definition) is 4. The Labute approximate surface area is 173 Å². The maximum atomic E-state index is 12.0. The van der Waals surface area contributed by atoms with E-state index in [0.29, 0.717) is 25.7 Å². The van der Waals surface area contributed by atoms with Crippen LogP contribution in [0.2, 0.25) is 0 Å². The summed E-state index contributed by atoms with van der Waals surface area (Å²) in [6.45, 7) is 6.54. The molecule has 0 radical (unpaired) electrons. The van der Waals surface area contributed by atoms with E-state index < -0.39 is 18.2 Å². The van der Waals surface area contributed by atoms with Crippen LogP contribution in [0.1, 0.15) is 65.7 Å². The molecule has 0 aromatic carbocycles. The Morgan fingerprint density at radius 1 is 1.21 bits per heavy atom. The molecule has 3 N–H and O–H groups in total. The standard InChI is InChI=1S/C24H36O5/c1-13(4-7-21(28)29)16-5-6-17-22-18(12-20(27)24(16,17)3)23(2)9-8-15(25)10-14(23)11-19(22)26/h8-9,13-14,16-20,22,26-27H,4-7,10-12H2,1-3H3,(H,28,29)/t13-,14+,16-,17+,18+,19-,20+,22+,23+,24-/m1/s1. The van der Waals surface area contributed by atoms with E-state index in [9.17, 15) is 19.8 Å². The first kappa shape index (κ1) is 21.0. The maximum Gasteiger partial charge on any atom is 0.303 e. The van der Waals surface area contributed by atoms with Crippen LogP contribution < -0.4 is 0 Å². The van der Waals surface area contributed by atoms with E-state index in [0.717, 1.165) is 12.8 Å². The summed E-state index contributed by atoms with van der Waals surface area (Å²) in [4.78, 5) is 23.0. The van der Waals surface area contributed by atoms with Gasteiger partial charge in [-0.15, -0.1) is 0 Å². The first-order valence-corrected chi connectivity index (χ1v) is 11.4. The lowest BCUT2D eigenvalue weighted by atomic mass is 9.44. The van der Waals surface area contributed by atoms with Gasteiger partial charge in [-0.05, 0) is 84.5 Å². The minimum atomic E-state index is -0.763. The van der Waals surface area contributed by atoms with Gasteiger partial charge in [0.1, 0.15) is 0 Å². The Hall–Kier alpha value is -1.20. The van der Waals surface area contributed by atoms with E-state index in [1.807, 2.05) is 0 Å². The second kappa shape index (κ2) is 7.19. The Bertz CT molecular complexity index is 716. The van der Waals surface area contributed by atoms with Crippen LogP contribution in [0, 0.1) is 46.3 Å². The summed E-state index contributed by atoms with van der Waals surface area (Å²) >= 11 is 0. The van der Waals surface area contributed by atoms with Crippen LogP contribution >= 0.6 is 0 Å². The highest BCUT2D eigenvalue weighted by atomic mass is 16.4. The Morgan fingerprint density at radius 3 is 2.62 bits per heavy atom. The summed E-state index contributed by atoms with van der Waals surface area (Å²) in [6.07, 6.45) is 7.50. The number of fused-ring (bicyclic) bond motifs is 5. The number of aliphatic hydroxyl groups is 2. The van der Waals surface area contributed by atoms with Crippen molar-refractivity contribution in [3.63, 3.8) is 0 Å². The summed E-state index contributed by atoms with van der Waals surface area (Å²) in [5, 5.41) is 31.7. The number of carbonyl (C=O) groups is 2. The van der Waals surface area contributed by atoms with E-state index >= 15 is 0 Å². The first-order chi connectivity index (χ1) is 13.6. The second-order valence-electron chi connectivity index (χ2n) is 10.9. The van der Waals surface area contributed by atoms with Crippen molar-refractivity contribution in [1.29, 1.82) is 0 Å². The monoisotopic (exact) mass is 404 g/mol. The molecule has 3 fully saturated rings. The SMILES string of the molecule is C[C@H](CCC(=O)O)[C@H]1CC[C@H]2[C@@H]3[C@H](O)C[C@@H]4CC(=O)C=C[C@]4(C)[C@H]3C[C@H](O)[C@]12C. The molecule has 4 aliphatic carbocycles. The Balaban J connectivity index is 1.64. The number of carboxylic acids is 1. The van der Waals surface area contributed by atoms with Crippen molar-refractivity contribution in [3.8, 4) is 0 Å². The number of rotatable bonds is 4. The lowest BCUT2D eigenvalue weighted by Gasteiger charge is -2.62. The van der Waals surface area contributed by atoms with Crippen molar-refractivity contribution in [1.82, 2.24) is 0 Å². The molecule has 0 heterocycles. The molecule has 4 aliphatic rings. The quantitative estimate of drug-likeness (QED) is 0.667. The third kappa shape index (κ3) is 3.11. The molecule has 5 nitrogen and oxygen atoms in total. The summed E-state index contributed by atoms with van der Waals surface area (Å²) in [6, 6.07) is 0. The van der Waals surface area contributed by atoms with Crippen molar-refractivity contribution in [3.05, 3.63) is 12.2 Å². The fourth-order valence-electron chi connectivity index (χ4n) is 8.10. The van der Waals surface area contributed by atoms with Crippen LogP contribution in [0.3, 0.4) is 0 Å². The average molecular weight is 405 g/mol. The molecule has 0 spiro atoms. The molecule has 0 aliphatic heterocycles. The third-order valence-corrected chi connectivity index (χ3v) is 9.74. The lowest BCUT2D eigenvalue weighted by molar-refractivity contribution is -0.185. The molecular formula is C24H36O5. The zero-order valence-electron chi connectivity index (χ0n) is 17.9. The van der Waals surface area contributed by atoms with Crippen molar-refractivity contribution in [2.75, 3.05) is 0 Å². The van der Waals surface area contributed by atoms with Gasteiger partial charge in [-0.1, -0.05) is 26.8 Å². The molecule has 4 rings (SSSR count). The highest BCUT2D eigenvalue weighted by Gasteiger charge is 2.65. The van der Waals surface area contributed by atoms with Gasteiger partial charge >= 0.3 is 5.97 Å². The number of carboxylic acid groups (broad SMARTS) is 1. The van der Waals surface area contributed by atoms with Gasteiger partial charge in [0.2, 0.25) is 0 Å². The minimum absolute atomic E-state index is 0.138. The van der Waals surface area contributed by atoms with Gasteiger partial charge in [0.05, 0.1) is 12.2 Å². The first-order valence-electron chi connectivity index (χ1n) is 11.4. The van der Waals surface area contributed by atoms with Gasteiger partial charge < -0.3 is 15.3 Å². The molecular weight excluding hydrogens is 368 g/mol. The van der Waals surface area contributed by atoms with E-state index in [4.69, 9.17) is 5.11 Å². The Kier molecular flexibility index (Phi) is 5.22. The normalized spacial score (nSPS) is 49.8. The van der Waals surface area contributed by atoms with Crippen LogP contribution in [-0.2, 0) is 9.59 Å². The molecule has 0 amide bonds. The van der Waals surface area contributed by atoms with Crippen LogP contribution in [0.4, 0.5) is 0 Å². The van der Waals surface area contributed by atoms with Crippen molar-refractivity contribution < 1.29 is 24.9 Å². The van der Waals surface area contributed by atoms with E-state index in [-0.39, 0.29) is 58.5 Å². The van der Waals surface area contributed by atoms with E-state index in [1.165, 1.54) is 0 Å². The fourth-order valence-corrected chi connectivity index (χ4v) is 8.10. The highest BCUT2D eigenvalue weighted by Crippen LogP contribution is 2.67. The second-order valence-corrected chi connectivity index (χ2v) is 10.9. The van der Waals surface area contributed by atoms with Crippen LogP contribution in [0.25, 0.3) is 0 Å². The summed E-state index contributed by atoms with van der Waals surface area (Å²) < 4.78 is 0. The minimum Gasteiger partial charge on any atom is -0.481 e. The molecule has 10 atom stereocenters. The number of aliphatic carboxylic acids is 1. The van der Waals surface area contributed by atoms with Gasteiger partial charge in [-0.3, -0.25) is 9.59 Å². The van der Waals surface area contributed by atoms with Crippen LogP contribution in [0.5, 0.6) is 0 Å². The number of allylic oxidation sites excluding steroid dienone is 2. The molecule has 3 saturated carbocycles. The van der Waals surface area contributed by atoms with E-state index in [2.05, 4.69) is 26.8 Å². The van der Waals surface area contributed by atoms with Crippen molar-refractivity contribution in [2.24, 2.45) is 46.3 Å². The molecule has 5 heteroatoms. The smallest absolute Gasteiger partial charge is 0.303 e. The van der Waals surface area contributed by atoms with Gasteiger partial charge in [0, 0.05) is 12.8 Å². The number of ketones is 1. The van der Waals surface area contributed by atoms with E-state index in [1.54, 1.807) is 6.08 Å². The van der Waals surface area contributed by atoms with Gasteiger partial charge in [0.15, 0.2) is 5.78 Å². The number of carbonyl (C=O) groups excluding carboxylic acids is 1. The third-order valence-electron chi connectivity index (χ3n) is 9.74. The van der Waals surface area contributed by atoms with Gasteiger partial charge in [-0.25, -0.2) is 0 Å². The molecule has 162 valence electrons. The average Bonchev–Trinajstić information content (AvgIpc) is 3.01. The van der Waals surface area contributed by atoms with Gasteiger partial charge in [0.25, 0.3) is 0 Å². The molecule has 0 aromatic heterocycles. The van der Waals surface area contributed by atoms with Crippen LogP contribution in [-0.4, -0.2) is 39.3 Å². The zero-order chi connectivity index (χ0) is 21.1. The molecule has 0 aromatic rings. The fraction of sp³-hybridized carbons (Fsp3) is 0.833. The lowest BCUT2D eigenvalue weighted by Crippen LogP contribution is -2.61. The zero-order valence-corrected chi connectivity index (χ0v) is 17.9. The highest BCUT2D eigenvalue weighted by molar-refractivity contribution is 5.91. The molecule has 0 unspecified atom stereocenters. The van der Waals surface area contributed by atoms with Crippen molar-refractivity contribution >= 4 is 11.8 Å². The largest absolute Gasteiger partial charge is 0.481 e. The number of hydrogen-bond donors (Lipinski definition) is 3. The summed E-state index contributed by atoms with van der Waals surface area (Å²) in [5.41, 5.74) is -0.426. The predicted octanol–water partition coefficient (Wildman–Crippen LogP) is 3.43. The summed E-state index contributed by atoms with van der Waals surface area (Å²) in [7, 11) is 0. The molecule has 29 heavy (non-hydrogen) atoms. The van der Waals surface area contributed by atoms with Gasteiger partial charge in [-0.2, -0.15) is 0 Å². The summed E-state index contributed by atoms with van der Waals surface area (Å²) in [5.74, 6) is 0.619. The Morgan fingerprint density at radius 2 is 1.93 bits per heavy atom. The molecule has 0 saturated heterocycles. The van der Waals surface area contributed by atoms with Crippen LogP contribution in [0.15, 0.2) is 12.2 Å². The topological polar surface area (TPSA) is 94.8 Å². The van der Waals surface area contributed by atoms with Crippen molar-refractivity contribution in [2.45, 2.75) is 77.9 Å². The predicted molar refractivity (Wildman–Crippen MR) is 109 cm³/mol.